The first-order valence-corrected chi connectivity index (χ1v) is 6.48. The van der Waals surface area contributed by atoms with Gasteiger partial charge in [0.25, 0.3) is 0 Å². The fourth-order valence-electron chi connectivity index (χ4n) is 2.85. The number of nitrogens with zero attached hydrogens (tertiary/aromatic N) is 1. The first-order valence-electron chi connectivity index (χ1n) is 6.48. The van der Waals surface area contributed by atoms with Crippen molar-refractivity contribution in [2.24, 2.45) is 5.92 Å². The topological polar surface area (TPSA) is 20.3 Å². The van der Waals surface area contributed by atoms with Crippen molar-refractivity contribution in [3.8, 4) is 0 Å². The predicted molar refractivity (Wildman–Crippen MR) is 67.7 cm³/mol. The minimum atomic E-state index is -0.306. The molecule has 2 nitrogen and oxygen atoms in total. The molecule has 3 heterocycles. The number of fused-ring (bicyclic) bond motifs is 3. The maximum absolute atomic E-state index is 12.8. The lowest BCUT2D eigenvalue weighted by molar-refractivity contribution is 0.103. The van der Waals surface area contributed by atoms with Crippen molar-refractivity contribution in [2.75, 3.05) is 13.1 Å². The Kier molecular flexibility index (Phi) is 2.90. The van der Waals surface area contributed by atoms with Crippen molar-refractivity contribution < 1.29 is 9.18 Å². The lowest BCUT2D eigenvalue weighted by Crippen LogP contribution is -2.39. The standard InChI is InChI=1S/C15H16FNO/c16-13-3-1-12(2-4-13)15(18)10-14-9-11-5-7-17(14)8-6-11/h1-4,10-11H,5-9H2/b14-10+. The smallest absolute Gasteiger partial charge is 0.187 e. The van der Waals surface area contributed by atoms with Crippen LogP contribution in [-0.2, 0) is 0 Å². The molecule has 1 aromatic rings. The van der Waals surface area contributed by atoms with Gasteiger partial charge in [-0.15, -0.1) is 0 Å². The molecule has 3 fully saturated rings. The zero-order chi connectivity index (χ0) is 12.5. The van der Waals surface area contributed by atoms with Crippen molar-refractivity contribution in [1.29, 1.82) is 0 Å². The number of carbonyl (C=O) groups is 1. The Morgan fingerprint density at radius 1 is 1.22 bits per heavy atom. The number of carbonyl (C=O) groups excluding carboxylic acids is 1. The van der Waals surface area contributed by atoms with E-state index < -0.39 is 0 Å². The maximum atomic E-state index is 12.8. The van der Waals surface area contributed by atoms with E-state index >= 15 is 0 Å². The average Bonchev–Trinajstić information content (AvgIpc) is 2.41. The van der Waals surface area contributed by atoms with Gasteiger partial charge >= 0.3 is 0 Å². The summed E-state index contributed by atoms with van der Waals surface area (Å²) in [7, 11) is 0. The van der Waals surface area contributed by atoms with Gasteiger partial charge in [-0.3, -0.25) is 4.79 Å². The van der Waals surface area contributed by atoms with E-state index in [9.17, 15) is 9.18 Å². The molecule has 0 spiro atoms. The summed E-state index contributed by atoms with van der Waals surface area (Å²) in [5, 5.41) is 0. The highest BCUT2D eigenvalue weighted by Gasteiger charge is 2.28. The van der Waals surface area contributed by atoms with Crippen LogP contribution in [0.25, 0.3) is 0 Å². The summed E-state index contributed by atoms with van der Waals surface area (Å²) >= 11 is 0. The van der Waals surface area contributed by atoms with Crippen LogP contribution in [-0.4, -0.2) is 23.8 Å². The number of halogens is 1. The van der Waals surface area contributed by atoms with Crippen molar-refractivity contribution in [2.45, 2.75) is 19.3 Å². The normalized spacial score (nSPS) is 21.6. The molecule has 4 rings (SSSR count). The average molecular weight is 245 g/mol. The Bertz CT molecular complexity index is 484. The lowest BCUT2D eigenvalue weighted by atomic mass is 9.85. The van der Waals surface area contributed by atoms with E-state index in [2.05, 4.69) is 4.90 Å². The molecule has 0 unspecified atom stereocenters. The van der Waals surface area contributed by atoms with Crippen molar-refractivity contribution >= 4 is 5.78 Å². The molecule has 3 aliphatic rings. The first kappa shape index (κ1) is 11.5. The molecule has 3 heteroatoms. The fraction of sp³-hybridized carbons (Fsp3) is 0.400. The van der Waals surface area contributed by atoms with E-state index in [0.29, 0.717) is 5.56 Å². The molecular weight excluding hydrogens is 229 g/mol. The second kappa shape index (κ2) is 4.56. The van der Waals surface area contributed by atoms with E-state index in [1.165, 1.54) is 25.0 Å². The molecule has 0 radical (unpaired) electrons. The summed E-state index contributed by atoms with van der Waals surface area (Å²) in [6.07, 6.45) is 5.26. The Hall–Kier alpha value is -1.64. The summed E-state index contributed by atoms with van der Waals surface area (Å²) in [6.45, 7) is 2.15. The van der Waals surface area contributed by atoms with Crippen LogP contribution in [0, 0.1) is 11.7 Å². The summed E-state index contributed by atoms with van der Waals surface area (Å²) in [4.78, 5) is 14.4. The number of rotatable bonds is 2. The Balaban J connectivity index is 1.79. The van der Waals surface area contributed by atoms with Crippen LogP contribution in [0.3, 0.4) is 0 Å². The summed E-state index contributed by atoms with van der Waals surface area (Å²) in [5.74, 6) is 0.430. The SMILES string of the molecule is O=C(/C=C1\CC2CCN1CC2)c1ccc(F)cc1. The number of hydrogen-bond donors (Lipinski definition) is 0. The van der Waals surface area contributed by atoms with Gasteiger partial charge in [0.15, 0.2) is 5.78 Å². The van der Waals surface area contributed by atoms with Crippen LogP contribution in [0.4, 0.5) is 4.39 Å². The molecule has 2 bridgehead atoms. The van der Waals surface area contributed by atoms with E-state index in [1.54, 1.807) is 18.2 Å². The lowest BCUT2D eigenvalue weighted by Gasteiger charge is -2.42. The molecule has 0 aliphatic carbocycles. The number of hydrogen-bond acceptors (Lipinski definition) is 2. The van der Waals surface area contributed by atoms with Crippen LogP contribution >= 0.6 is 0 Å². The second-order valence-electron chi connectivity index (χ2n) is 5.14. The second-order valence-corrected chi connectivity index (χ2v) is 5.14. The molecule has 3 saturated heterocycles. The van der Waals surface area contributed by atoms with Gasteiger partial charge in [-0.05, 0) is 49.4 Å². The molecule has 0 saturated carbocycles. The molecule has 3 aliphatic heterocycles. The maximum Gasteiger partial charge on any atom is 0.187 e. The minimum Gasteiger partial charge on any atom is -0.375 e. The Morgan fingerprint density at radius 2 is 1.89 bits per heavy atom. The molecule has 94 valence electrons. The number of ketones is 1. The van der Waals surface area contributed by atoms with Gasteiger partial charge in [0.2, 0.25) is 0 Å². The van der Waals surface area contributed by atoms with Crippen molar-refractivity contribution in [3.63, 3.8) is 0 Å². The molecule has 1 aromatic carbocycles. The molecule has 0 aromatic heterocycles. The zero-order valence-electron chi connectivity index (χ0n) is 10.2. The first-order chi connectivity index (χ1) is 8.72. The van der Waals surface area contributed by atoms with Gasteiger partial charge in [-0.25, -0.2) is 4.39 Å². The third-order valence-corrected chi connectivity index (χ3v) is 3.94. The minimum absolute atomic E-state index is 0.0162. The largest absolute Gasteiger partial charge is 0.375 e. The van der Waals surface area contributed by atoms with Crippen LogP contribution < -0.4 is 0 Å². The van der Waals surface area contributed by atoms with Crippen LogP contribution in [0.5, 0.6) is 0 Å². The van der Waals surface area contributed by atoms with E-state index in [4.69, 9.17) is 0 Å². The van der Waals surface area contributed by atoms with Crippen molar-refractivity contribution in [1.82, 2.24) is 4.90 Å². The quantitative estimate of drug-likeness (QED) is 0.589. The summed E-state index contributed by atoms with van der Waals surface area (Å²) in [6, 6.07) is 5.76. The van der Waals surface area contributed by atoms with Crippen LogP contribution in [0.15, 0.2) is 36.0 Å². The third kappa shape index (κ3) is 2.17. The van der Waals surface area contributed by atoms with Crippen LogP contribution in [0.2, 0.25) is 0 Å². The number of benzene rings is 1. The number of allylic oxidation sites excluding steroid dienone is 2. The van der Waals surface area contributed by atoms with E-state index in [0.717, 1.165) is 31.1 Å². The molecule has 18 heavy (non-hydrogen) atoms. The van der Waals surface area contributed by atoms with Crippen LogP contribution in [0.1, 0.15) is 29.6 Å². The highest BCUT2D eigenvalue weighted by atomic mass is 19.1. The third-order valence-electron chi connectivity index (χ3n) is 3.94. The Labute approximate surface area is 106 Å². The fourth-order valence-corrected chi connectivity index (χ4v) is 2.85. The molecular formula is C15H16FNO. The Morgan fingerprint density at radius 3 is 2.44 bits per heavy atom. The van der Waals surface area contributed by atoms with Gasteiger partial charge in [-0.2, -0.15) is 0 Å². The molecule has 0 atom stereocenters. The highest BCUT2D eigenvalue weighted by molar-refractivity contribution is 6.04. The van der Waals surface area contributed by atoms with Gasteiger partial charge < -0.3 is 4.90 Å². The van der Waals surface area contributed by atoms with Crippen molar-refractivity contribution in [3.05, 3.63) is 47.4 Å². The summed E-state index contributed by atoms with van der Waals surface area (Å²) in [5.41, 5.74) is 1.72. The predicted octanol–water partition coefficient (Wildman–Crippen LogP) is 3.01. The molecule has 0 amide bonds. The monoisotopic (exact) mass is 245 g/mol. The highest BCUT2D eigenvalue weighted by Crippen LogP contribution is 2.34. The summed E-state index contributed by atoms with van der Waals surface area (Å²) < 4.78 is 12.8. The number of piperidine rings is 3. The van der Waals surface area contributed by atoms with Gasteiger partial charge in [0.1, 0.15) is 5.82 Å². The van der Waals surface area contributed by atoms with E-state index in [1.807, 2.05) is 0 Å². The molecule has 0 N–H and O–H groups in total. The van der Waals surface area contributed by atoms with Gasteiger partial charge in [0.05, 0.1) is 0 Å². The van der Waals surface area contributed by atoms with Gasteiger partial charge in [-0.1, -0.05) is 0 Å². The van der Waals surface area contributed by atoms with E-state index in [-0.39, 0.29) is 11.6 Å². The zero-order valence-corrected chi connectivity index (χ0v) is 10.2. The van der Waals surface area contributed by atoms with Gasteiger partial charge in [0, 0.05) is 30.4 Å².